The maximum Gasteiger partial charge on any atom is 0.321 e. The minimum atomic E-state index is -0.644. The molecule has 142 valence electrons. The highest BCUT2D eigenvalue weighted by Gasteiger charge is 2.42. The van der Waals surface area contributed by atoms with Gasteiger partial charge in [-0.2, -0.15) is 0 Å². The van der Waals surface area contributed by atoms with E-state index in [0.29, 0.717) is 17.6 Å². The fourth-order valence-corrected chi connectivity index (χ4v) is 4.60. The van der Waals surface area contributed by atoms with E-state index >= 15 is 0 Å². The fourth-order valence-electron chi connectivity index (χ4n) is 4.60. The Morgan fingerprint density at radius 3 is 2.69 bits per heavy atom. The van der Waals surface area contributed by atoms with Gasteiger partial charge >= 0.3 is 5.97 Å². The quantitative estimate of drug-likeness (QED) is 0.516. The van der Waals surface area contributed by atoms with Crippen molar-refractivity contribution in [3.05, 3.63) is 28.8 Å². The fraction of sp³-hybridized carbons (Fsp3) is 0.609. The molecule has 0 aromatic heterocycles. The molecule has 0 radical (unpaired) electrons. The molecule has 3 rings (SSSR count). The number of carbonyl (C=O) groups is 1. The van der Waals surface area contributed by atoms with Crippen LogP contribution < -0.4 is 4.74 Å². The van der Waals surface area contributed by atoms with Crippen LogP contribution in [0.2, 0.25) is 0 Å². The molecule has 3 heteroatoms. The smallest absolute Gasteiger partial charge is 0.321 e. The maximum atomic E-state index is 12.9. The van der Waals surface area contributed by atoms with E-state index in [1.165, 1.54) is 0 Å². The molecule has 1 N–H and O–H groups in total. The zero-order chi connectivity index (χ0) is 19.1. The third-order valence-electron chi connectivity index (χ3n) is 6.28. The summed E-state index contributed by atoms with van der Waals surface area (Å²) in [6.45, 7) is 10.5. The van der Waals surface area contributed by atoms with E-state index in [4.69, 9.17) is 4.74 Å². The lowest BCUT2D eigenvalue weighted by Crippen LogP contribution is -2.31. The molecule has 0 saturated heterocycles. The standard InChI is InChI=1S/C23H32O3/c1-6-8-15(7-2)16-12-19(24)21-17-11-14(3)9-10-18(17)23(4,5)22(25)26-20(21)13-16/h12-15,24H,6-11H2,1-5H3. The molecule has 1 aromatic rings. The lowest BCUT2D eigenvalue weighted by Gasteiger charge is -2.31. The summed E-state index contributed by atoms with van der Waals surface area (Å²) in [4.78, 5) is 12.9. The van der Waals surface area contributed by atoms with E-state index in [0.717, 1.165) is 60.8 Å². The maximum absolute atomic E-state index is 12.9. The number of hydrogen-bond acceptors (Lipinski definition) is 3. The summed E-state index contributed by atoms with van der Waals surface area (Å²) in [6, 6.07) is 3.90. The van der Waals surface area contributed by atoms with Crippen LogP contribution in [-0.2, 0) is 4.79 Å². The average molecular weight is 357 g/mol. The number of allylic oxidation sites excluding steroid dienone is 1. The number of phenolic OH excluding ortho intramolecular Hbond substituents is 1. The predicted molar refractivity (Wildman–Crippen MR) is 105 cm³/mol. The summed E-state index contributed by atoms with van der Waals surface area (Å²) in [5, 5.41) is 10.9. The molecule has 0 amide bonds. The van der Waals surface area contributed by atoms with Gasteiger partial charge in [0.05, 0.1) is 11.0 Å². The number of hydrogen-bond donors (Lipinski definition) is 1. The van der Waals surface area contributed by atoms with Gasteiger partial charge in [-0.25, -0.2) is 0 Å². The van der Waals surface area contributed by atoms with Crippen molar-refractivity contribution in [3.63, 3.8) is 0 Å². The highest BCUT2D eigenvalue weighted by Crippen LogP contribution is 2.52. The summed E-state index contributed by atoms with van der Waals surface area (Å²) in [5.41, 5.74) is 3.45. The molecule has 2 unspecified atom stereocenters. The molecule has 3 nitrogen and oxygen atoms in total. The van der Waals surface area contributed by atoms with Crippen molar-refractivity contribution < 1.29 is 14.6 Å². The monoisotopic (exact) mass is 356 g/mol. The van der Waals surface area contributed by atoms with E-state index in [1.807, 2.05) is 26.0 Å². The van der Waals surface area contributed by atoms with Gasteiger partial charge in [0.2, 0.25) is 0 Å². The second-order valence-corrected chi connectivity index (χ2v) is 8.63. The molecule has 0 saturated carbocycles. The zero-order valence-electron chi connectivity index (χ0n) is 16.8. The van der Waals surface area contributed by atoms with E-state index < -0.39 is 5.41 Å². The summed E-state index contributed by atoms with van der Waals surface area (Å²) < 4.78 is 5.85. The van der Waals surface area contributed by atoms with Crippen LogP contribution in [0.15, 0.2) is 17.7 Å². The third kappa shape index (κ3) is 3.17. The van der Waals surface area contributed by atoms with Gasteiger partial charge in [0.25, 0.3) is 0 Å². The normalized spacial score (nSPS) is 23.0. The Labute approximate surface area is 157 Å². The number of ether oxygens (including phenoxy) is 1. The van der Waals surface area contributed by atoms with Crippen LogP contribution in [0.25, 0.3) is 5.57 Å². The summed E-state index contributed by atoms with van der Waals surface area (Å²) in [7, 11) is 0. The van der Waals surface area contributed by atoms with Crippen LogP contribution in [0.3, 0.4) is 0 Å². The third-order valence-corrected chi connectivity index (χ3v) is 6.28. The van der Waals surface area contributed by atoms with E-state index in [9.17, 15) is 9.90 Å². The molecule has 1 aromatic carbocycles. The van der Waals surface area contributed by atoms with Crippen molar-refractivity contribution in [3.8, 4) is 11.5 Å². The first-order valence-electron chi connectivity index (χ1n) is 10.1. The summed E-state index contributed by atoms with van der Waals surface area (Å²) in [5.74, 6) is 1.53. The second-order valence-electron chi connectivity index (χ2n) is 8.63. The molecular weight excluding hydrogens is 324 g/mol. The van der Waals surface area contributed by atoms with Crippen LogP contribution in [0, 0.1) is 11.3 Å². The van der Waals surface area contributed by atoms with Crippen molar-refractivity contribution in [1.82, 2.24) is 0 Å². The van der Waals surface area contributed by atoms with Crippen LogP contribution in [0.5, 0.6) is 11.5 Å². The Hall–Kier alpha value is -1.77. The Balaban J connectivity index is 2.19. The zero-order valence-corrected chi connectivity index (χ0v) is 16.8. The molecule has 1 aliphatic heterocycles. The van der Waals surface area contributed by atoms with Crippen LogP contribution >= 0.6 is 0 Å². The van der Waals surface area contributed by atoms with Crippen molar-refractivity contribution >= 4 is 11.5 Å². The van der Waals surface area contributed by atoms with Gasteiger partial charge in [0.15, 0.2) is 0 Å². The SMILES string of the molecule is CCCC(CC)c1cc(O)c2c(c1)OC(=O)C(C)(C)C1=C2CC(C)CC1. The number of rotatable bonds is 4. The number of phenols is 1. The molecule has 2 aliphatic rings. The Bertz CT molecular complexity index is 742. The first-order valence-corrected chi connectivity index (χ1v) is 10.1. The number of fused-ring (bicyclic) bond motifs is 2. The number of benzene rings is 1. The van der Waals surface area contributed by atoms with E-state index in [1.54, 1.807) is 0 Å². The molecule has 2 atom stereocenters. The number of aromatic hydroxyl groups is 1. The predicted octanol–water partition coefficient (Wildman–Crippen LogP) is 6.20. The molecule has 0 fully saturated rings. The first kappa shape index (κ1) is 19.0. The topological polar surface area (TPSA) is 46.5 Å². The van der Waals surface area contributed by atoms with Crippen LogP contribution in [0.4, 0.5) is 0 Å². The van der Waals surface area contributed by atoms with E-state index in [-0.39, 0.29) is 11.7 Å². The van der Waals surface area contributed by atoms with Gasteiger partial charge in [-0.1, -0.05) is 27.2 Å². The largest absolute Gasteiger partial charge is 0.507 e. The molecular formula is C23H32O3. The molecule has 26 heavy (non-hydrogen) atoms. The minimum Gasteiger partial charge on any atom is -0.507 e. The van der Waals surface area contributed by atoms with Crippen molar-refractivity contribution in [2.75, 3.05) is 0 Å². The van der Waals surface area contributed by atoms with Gasteiger partial charge in [0.1, 0.15) is 11.5 Å². The minimum absolute atomic E-state index is 0.210. The Morgan fingerprint density at radius 2 is 2.04 bits per heavy atom. The van der Waals surface area contributed by atoms with Gasteiger partial charge in [-0.3, -0.25) is 4.79 Å². The highest BCUT2D eigenvalue weighted by molar-refractivity contribution is 5.92. The molecule has 0 bridgehead atoms. The second kappa shape index (κ2) is 7.09. The number of carbonyl (C=O) groups excluding carboxylic acids is 1. The molecule has 1 aliphatic carbocycles. The molecule has 0 spiro atoms. The highest BCUT2D eigenvalue weighted by atomic mass is 16.5. The van der Waals surface area contributed by atoms with E-state index in [2.05, 4.69) is 20.8 Å². The summed E-state index contributed by atoms with van der Waals surface area (Å²) in [6.07, 6.45) is 6.04. The summed E-state index contributed by atoms with van der Waals surface area (Å²) >= 11 is 0. The van der Waals surface area contributed by atoms with Crippen molar-refractivity contribution in [2.24, 2.45) is 11.3 Å². The number of esters is 1. The lowest BCUT2D eigenvalue weighted by atomic mass is 9.71. The first-order chi connectivity index (χ1) is 12.3. The van der Waals surface area contributed by atoms with Crippen molar-refractivity contribution in [2.45, 2.75) is 79.1 Å². The lowest BCUT2D eigenvalue weighted by molar-refractivity contribution is -0.141. The van der Waals surface area contributed by atoms with Gasteiger partial charge in [-0.05, 0) is 86.6 Å². The van der Waals surface area contributed by atoms with Gasteiger partial charge < -0.3 is 9.84 Å². The Kier molecular flexibility index (Phi) is 5.18. The van der Waals surface area contributed by atoms with Crippen LogP contribution in [-0.4, -0.2) is 11.1 Å². The average Bonchev–Trinajstić information content (AvgIpc) is 2.66. The van der Waals surface area contributed by atoms with Crippen LogP contribution in [0.1, 0.15) is 90.2 Å². The molecule has 1 heterocycles. The Morgan fingerprint density at radius 1 is 1.31 bits per heavy atom. The van der Waals surface area contributed by atoms with Crippen molar-refractivity contribution in [1.29, 1.82) is 0 Å². The van der Waals surface area contributed by atoms with Gasteiger partial charge in [-0.15, -0.1) is 0 Å². The van der Waals surface area contributed by atoms with Gasteiger partial charge in [0, 0.05) is 0 Å².